The van der Waals surface area contributed by atoms with Crippen LogP contribution < -0.4 is 11.1 Å². The molecule has 1 amide bonds. The molecule has 4 N–H and O–H groups in total. The van der Waals surface area contributed by atoms with Crippen molar-refractivity contribution in [3.8, 4) is 11.8 Å². The highest BCUT2D eigenvalue weighted by molar-refractivity contribution is 5.98. The second kappa shape index (κ2) is 11.6. The molecular weight excluding hydrogens is 400 g/mol. The third-order valence-electron chi connectivity index (χ3n) is 5.08. The van der Waals surface area contributed by atoms with Crippen LogP contribution in [0, 0.1) is 11.8 Å². The number of carbonyl (C=O) groups is 2. The van der Waals surface area contributed by atoms with Gasteiger partial charge < -0.3 is 16.2 Å². The number of aliphatic hydroxyl groups is 1. The lowest BCUT2D eigenvalue weighted by Gasteiger charge is -2.14. The number of rotatable bonds is 8. The lowest BCUT2D eigenvalue weighted by molar-refractivity contribution is -0.123. The Balaban J connectivity index is 1.57. The molecule has 0 spiro atoms. The van der Waals surface area contributed by atoms with Crippen LogP contribution in [0.5, 0.6) is 0 Å². The normalized spacial score (nSPS) is 11.2. The van der Waals surface area contributed by atoms with Crippen molar-refractivity contribution < 1.29 is 14.7 Å². The maximum atomic E-state index is 12.3. The summed E-state index contributed by atoms with van der Waals surface area (Å²) in [4.78, 5) is 23.8. The average molecular weight is 427 g/mol. The number of hydrogen-bond donors (Lipinski definition) is 3. The van der Waals surface area contributed by atoms with Crippen molar-refractivity contribution in [3.05, 3.63) is 107 Å². The van der Waals surface area contributed by atoms with E-state index < -0.39 is 24.3 Å². The van der Waals surface area contributed by atoms with E-state index in [9.17, 15) is 9.59 Å². The maximum Gasteiger partial charge on any atom is 0.251 e. The van der Waals surface area contributed by atoms with Gasteiger partial charge in [0.25, 0.3) is 5.91 Å². The molecule has 1 atom stereocenters. The summed E-state index contributed by atoms with van der Waals surface area (Å²) in [6, 6.07) is 24.5. The molecule has 3 aromatic carbocycles. The summed E-state index contributed by atoms with van der Waals surface area (Å²) in [6.45, 7) is -0.732. The highest BCUT2D eigenvalue weighted by Gasteiger charge is 2.18. The van der Waals surface area contributed by atoms with Crippen molar-refractivity contribution in [3.63, 3.8) is 0 Å². The largest absolute Gasteiger partial charge is 0.388 e. The zero-order chi connectivity index (χ0) is 22.8. The van der Waals surface area contributed by atoms with Crippen molar-refractivity contribution in [2.24, 2.45) is 5.73 Å². The van der Waals surface area contributed by atoms with Crippen molar-refractivity contribution >= 4 is 11.7 Å². The summed E-state index contributed by atoms with van der Waals surface area (Å²) in [5.74, 6) is 5.29. The summed E-state index contributed by atoms with van der Waals surface area (Å²) in [5, 5.41) is 11.5. The Bertz CT molecular complexity index is 1100. The summed E-state index contributed by atoms with van der Waals surface area (Å²) >= 11 is 0. The van der Waals surface area contributed by atoms with E-state index in [1.165, 1.54) is 11.1 Å². The predicted molar refractivity (Wildman–Crippen MR) is 125 cm³/mol. The number of amides is 1. The molecule has 0 fully saturated rings. The average Bonchev–Trinajstić information content (AvgIpc) is 2.85. The number of nitrogens with one attached hydrogen (secondary N) is 1. The molecule has 3 rings (SSSR count). The van der Waals surface area contributed by atoms with E-state index in [-0.39, 0.29) is 6.54 Å². The summed E-state index contributed by atoms with van der Waals surface area (Å²) < 4.78 is 0. The fourth-order valence-electron chi connectivity index (χ4n) is 3.16. The molecule has 3 aromatic rings. The first-order valence-electron chi connectivity index (χ1n) is 10.5. The van der Waals surface area contributed by atoms with Crippen LogP contribution in [0.15, 0.2) is 78.9 Å². The second-order valence-electron chi connectivity index (χ2n) is 7.40. The molecular formula is C27H26N2O3. The molecule has 0 saturated heterocycles. The van der Waals surface area contributed by atoms with Crippen LogP contribution in [0.2, 0.25) is 0 Å². The van der Waals surface area contributed by atoms with Crippen LogP contribution in [0.1, 0.15) is 32.6 Å². The first-order chi connectivity index (χ1) is 15.6. The van der Waals surface area contributed by atoms with E-state index in [0.29, 0.717) is 5.56 Å². The zero-order valence-electron chi connectivity index (χ0n) is 17.8. The molecule has 0 bridgehead atoms. The number of nitrogens with two attached hydrogens (primary N) is 1. The van der Waals surface area contributed by atoms with Crippen LogP contribution in [-0.2, 0) is 17.6 Å². The first kappa shape index (κ1) is 23.0. The summed E-state index contributed by atoms with van der Waals surface area (Å²) in [7, 11) is 0. The molecule has 0 aliphatic heterocycles. The summed E-state index contributed by atoms with van der Waals surface area (Å²) in [5.41, 5.74) is 10.2. The van der Waals surface area contributed by atoms with Crippen LogP contribution >= 0.6 is 0 Å². The van der Waals surface area contributed by atoms with E-state index >= 15 is 0 Å². The molecule has 162 valence electrons. The van der Waals surface area contributed by atoms with Gasteiger partial charge in [-0.15, -0.1) is 0 Å². The topological polar surface area (TPSA) is 92.4 Å². The Hall–Kier alpha value is -3.72. The van der Waals surface area contributed by atoms with Gasteiger partial charge in [-0.1, -0.05) is 54.3 Å². The van der Waals surface area contributed by atoms with Gasteiger partial charge in [-0.25, -0.2) is 0 Å². The number of hydrogen-bond acceptors (Lipinski definition) is 4. The van der Waals surface area contributed by atoms with Crippen LogP contribution in [0.4, 0.5) is 0 Å². The van der Waals surface area contributed by atoms with Gasteiger partial charge in [0.1, 0.15) is 12.6 Å². The van der Waals surface area contributed by atoms with Gasteiger partial charge >= 0.3 is 0 Å². The quantitative estimate of drug-likeness (QED) is 0.483. The number of ketones is 1. The minimum Gasteiger partial charge on any atom is -0.388 e. The van der Waals surface area contributed by atoms with Crippen molar-refractivity contribution in [1.29, 1.82) is 0 Å². The van der Waals surface area contributed by atoms with Gasteiger partial charge in [0, 0.05) is 23.2 Å². The van der Waals surface area contributed by atoms with Crippen LogP contribution in [0.3, 0.4) is 0 Å². The second-order valence-corrected chi connectivity index (χ2v) is 7.40. The Labute approximate surface area is 188 Å². The van der Waals surface area contributed by atoms with Crippen LogP contribution in [-0.4, -0.2) is 36.0 Å². The predicted octanol–water partition coefficient (Wildman–Crippen LogP) is 2.49. The number of Topliss-reactive ketones (excluding diaryl/α,β-unsaturated/α-hetero) is 1. The minimum absolute atomic E-state index is 0.0697. The van der Waals surface area contributed by atoms with Crippen LogP contribution in [0.25, 0.3) is 0 Å². The SMILES string of the molecule is NC[C@H](NC(=O)c1ccc(C#Cc2ccc(CCc3ccccc3)cc2)cc1)C(=O)CO. The number of carbonyl (C=O) groups excluding carboxylic acids is 2. The standard InChI is InChI=1S/C27H26N2O3/c28-18-25(26(31)19-30)29-27(32)24-16-14-23(15-17-24)13-12-22-10-8-21(9-11-22)7-6-20-4-2-1-3-5-20/h1-5,8-11,14-17,25,30H,6-7,18-19,28H2,(H,29,32)/t25-/m0/s1. The molecule has 0 unspecified atom stereocenters. The van der Waals surface area contributed by atoms with Crippen molar-refractivity contribution in [1.82, 2.24) is 5.32 Å². The number of aryl methyl sites for hydroxylation is 2. The van der Waals surface area contributed by atoms with Gasteiger partial charge in [0.05, 0.1) is 0 Å². The monoisotopic (exact) mass is 426 g/mol. The molecule has 0 saturated carbocycles. The smallest absolute Gasteiger partial charge is 0.251 e. The third-order valence-corrected chi connectivity index (χ3v) is 5.08. The highest BCUT2D eigenvalue weighted by Crippen LogP contribution is 2.09. The fraction of sp³-hybridized carbons (Fsp3) is 0.185. The lowest BCUT2D eigenvalue weighted by atomic mass is 10.0. The molecule has 5 nitrogen and oxygen atoms in total. The number of aliphatic hydroxyl groups excluding tert-OH is 1. The Morgan fingerprint density at radius 3 is 1.88 bits per heavy atom. The van der Waals surface area contributed by atoms with Gasteiger partial charge in [-0.2, -0.15) is 0 Å². The van der Waals surface area contributed by atoms with E-state index in [4.69, 9.17) is 10.8 Å². The van der Waals surface area contributed by atoms with Gasteiger partial charge in [-0.05, 0) is 60.4 Å². The Kier molecular flexibility index (Phi) is 8.33. The van der Waals surface area contributed by atoms with Crippen molar-refractivity contribution in [2.75, 3.05) is 13.2 Å². The van der Waals surface area contributed by atoms with E-state index in [1.54, 1.807) is 24.3 Å². The van der Waals surface area contributed by atoms with Gasteiger partial charge in [-0.3, -0.25) is 9.59 Å². The van der Waals surface area contributed by atoms with Crippen molar-refractivity contribution in [2.45, 2.75) is 18.9 Å². The van der Waals surface area contributed by atoms with Gasteiger partial charge in [0.15, 0.2) is 5.78 Å². The number of benzene rings is 3. The minimum atomic E-state index is -0.900. The Morgan fingerprint density at radius 2 is 1.34 bits per heavy atom. The first-order valence-corrected chi connectivity index (χ1v) is 10.5. The third kappa shape index (κ3) is 6.64. The van der Waals surface area contributed by atoms with E-state index in [0.717, 1.165) is 24.0 Å². The highest BCUT2D eigenvalue weighted by atomic mass is 16.3. The molecule has 0 aliphatic carbocycles. The van der Waals surface area contributed by atoms with E-state index in [1.807, 2.05) is 18.2 Å². The molecule has 0 heterocycles. The fourth-order valence-corrected chi connectivity index (χ4v) is 3.16. The molecule has 0 radical (unpaired) electrons. The Morgan fingerprint density at radius 1 is 0.812 bits per heavy atom. The lowest BCUT2D eigenvalue weighted by Crippen LogP contribution is -2.46. The maximum absolute atomic E-state index is 12.3. The summed E-state index contributed by atoms with van der Waals surface area (Å²) in [6.07, 6.45) is 1.99. The van der Waals surface area contributed by atoms with E-state index in [2.05, 4.69) is 53.6 Å². The molecule has 32 heavy (non-hydrogen) atoms. The molecule has 0 aromatic heterocycles. The van der Waals surface area contributed by atoms with Gasteiger partial charge in [0.2, 0.25) is 0 Å². The molecule has 0 aliphatic rings. The molecule has 5 heteroatoms. The zero-order valence-corrected chi connectivity index (χ0v) is 17.8.